The van der Waals surface area contributed by atoms with Crippen molar-refractivity contribution in [3.63, 3.8) is 0 Å². The Labute approximate surface area is 229 Å². The monoisotopic (exact) mass is 506 g/mol. The van der Waals surface area contributed by atoms with Crippen LogP contribution in [0.1, 0.15) is 51.0 Å². The molecule has 0 radical (unpaired) electrons. The van der Waals surface area contributed by atoms with Crippen molar-refractivity contribution in [1.29, 1.82) is 0 Å². The van der Waals surface area contributed by atoms with Gasteiger partial charge in [0.05, 0.1) is 11.0 Å². The van der Waals surface area contributed by atoms with E-state index in [4.69, 9.17) is 0 Å². The highest BCUT2D eigenvalue weighted by Crippen LogP contribution is 2.37. The van der Waals surface area contributed by atoms with Crippen LogP contribution in [0.15, 0.2) is 109 Å². The van der Waals surface area contributed by atoms with Crippen LogP contribution in [0.5, 0.6) is 0 Å². The Morgan fingerprint density at radius 2 is 1.36 bits per heavy atom. The van der Waals surface area contributed by atoms with Crippen molar-refractivity contribution in [1.82, 2.24) is 9.55 Å². The predicted octanol–water partition coefficient (Wildman–Crippen LogP) is 10.8. The SMILES string of the molecule is CCCCC[C@@H](C)c1ccc2c(c1)[nH]c1ccc(-c3ccc4c(c3)c3ccccc3n4-c3ccccc3)cc12. The molecule has 39 heavy (non-hydrogen) atoms. The Balaban J connectivity index is 1.31. The Bertz CT molecular complexity index is 1940. The number of aromatic amines is 1. The number of hydrogen-bond acceptors (Lipinski definition) is 0. The Hall–Kier alpha value is -4.30. The van der Waals surface area contributed by atoms with Crippen LogP contribution < -0.4 is 0 Å². The van der Waals surface area contributed by atoms with E-state index in [2.05, 4.69) is 133 Å². The average molecular weight is 507 g/mol. The first-order valence-corrected chi connectivity index (χ1v) is 14.4. The normalized spacial score (nSPS) is 12.7. The third kappa shape index (κ3) is 4.12. The summed E-state index contributed by atoms with van der Waals surface area (Å²) < 4.78 is 2.37. The van der Waals surface area contributed by atoms with E-state index in [0.717, 1.165) is 0 Å². The maximum atomic E-state index is 3.69. The lowest BCUT2D eigenvalue weighted by Gasteiger charge is -2.11. The maximum Gasteiger partial charge on any atom is 0.0541 e. The van der Waals surface area contributed by atoms with Crippen molar-refractivity contribution < 1.29 is 0 Å². The summed E-state index contributed by atoms with van der Waals surface area (Å²) in [6, 6.07) is 40.2. The second-order valence-corrected chi connectivity index (χ2v) is 11.0. The fourth-order valence-electron chi connectivity index (χ4n) is 6.28. The van der Waals surface area contributed by atoms with E-state index in [1.54, 1.807) is 0 Å². The first-order valence-electron chi connectivity index (χ1n) is 14.4. The molecule has 0 amide bonds. The Kier molecular flexibility index (Phi) is 5.97. The Morgan fingerprint density at radius 3 is 2.21 bits per heavy atom. The number of H-pyrrole nitrogens is 1. The second kappa shape index (κ2) is 9.78. The number of benzene rings is 5. The van der Waals surface area contributed by atoms with Crippen molar-refractivity contribution in [2.75, 3.05) is 0 Å². The number of hydrogen-bond donors (Lipinski definition) is 1. The van der Waals surface area contributed by atoms with Crippen LogP contribution >= 0.6 is 0 Å². The quantitative estimate of drug-likeness (QED) is 0.208. The van der Waals surface area contributed by atoms with Gasteiger partial charge in [-0.05, 0) is 77.6 Å². The van der Waals surface area contributed by atoms with Gasteiger partial charge in [-0.3, -0.25) is 0 Å². The van der Waals surface area contributed by atoms with Gasteiger partial charge in [-0.2, -0.15) is 0 Å². The highest BCUT2D eigenvalue weighted by molar-refractivity contribution is 6.11. The molecule has 0 unspecified atom stereocenters. The molecule has 0 saturated carbocycles. The second-order valence-electron chi connectivity index (χ2n) is 11.0. The summed E-state index contributed by atoms with van der Waals surface area (Å²) in [6.45, 7) is 4.64. The number of unbranched alkanes of at least 4 members (excludes halogenated alkanes) is 2. The molecule has 0 spiro atoms. The molecular formula is C37H34N2. The van der Waals surface area contributed by atoms with E-state index >= 15 is 0 Å². The molecule has 5 aromatic carbocycles. The molecule has 1 atom stereocenters. The minimum Gasteiger partial charge on any atom is -0.355 e. The molecule has 1 N–H and O–H groups in total. The van der Waals surface area contributed by atoms with Gasteiger partial charge in [0.15, 0.2) is 0 Å². The van der Waals surface area contributed by atoms with Crippen LogP contribution in [0.4, 0.5) is 0 Å². The molecule has 0 bridgehead atoms. The van der Waals surface area contributed by atoms with Crippen LogP contribution in [0.25, 0.3) is 60.4 Å². The van der Waals surface area contributed by atoms with Crippen molar-refractivity contribution >= 4 is 43.6 Å². The summed E-state index contributed by atoms with van der Waals surface area (Å²) in [4.78, 5) is 3.69. The lowest BCUT2D eigenvalue weighted by atomic mass is 9.94. The molecular weight excluding hydrogens is 472 g/mol. The molecule has 2 heteroatoms. The highest BCUT2D eigenvalue weighted by atomic mass is 15.0. The van der Waals surface area contributed by atoms with E-state index in [1.807, 2.05) is 0 Å². The predicted molar refractivity (Wildman–Crippen MR) is 168 cm³/mol. The van der Waals surface area contributed by atoms with Crippen LogP contribution in [0, 0.1) is 0 Å². The number of aromatic nitrogens is 2. The lowest BCUT2D eigenvalue weighted by Crippen LogP contribution is -1.93. The van der Waals surface area contributed by atoms with Crippen LogP contribution in [0.2, 0.25) is 0 Å². The molecule has 0 aliphatic rings. The molecule has 0 fully saturated rings. The first-order chi connectivity index (χ1) is 19.2. The third-order valence-corrected chi connectivity index (χ3v) is 8.45. The summed E-state index contributed by atoms with van der Waals surface area (Å²) >= 11 is 0. The molecule has 192 valence electrons. The van der Waals surface area contributed by atoms with Gasteiger partial charge in [0.25, 0.3) is 0 Å². The van der Waals surface area contributed by atoms with E-state index in [1.165, 1.54) is 91.7 Å². The molecule has 2 aromatic heterocycles. The van der Waals surface area contributed by atoms with E-state index < -0.39 is 0 Å². The van der Waals surface area contributed by atoms with Gasteiger partial charge in [0.1, 0.15) is 0 Å². The molecule has 7 aromatic rings. The van der Waals surface area contributed by atoms with Gasteiger partial charge in [0.2, 0.25) is 0 Å². The van der Waals surface area contributed by atoms with Gasteiger partial charge in [0, 0.05) is 38.3 Å². The van der Waals surface area contributed by atoms with Crippen LogP contribution in [0.3, 0.4) is 0 Å². The van der Waals surface area contributed by atoms with Gasteiger partial charge < -0.3 is 9.55 Å². The summed E-state index contributed by atoms with van der Waals surface area (Å²) in [6.07, 6.45) is 5.16. The van der Waals surface area contributed by atoms with Crippen molar-refractivity contribution in [3.8, 4) is 16.8 Å². The number of para-hydroxylation sites is 2. The highest BCUT2D eigenvalue weighted by Gasteiger charge is 2.14. The first kappa shape index (κ1) is 23.8. The largest absolute Gasteiger partial charge is 0.355 e. The Morgan fingerprint density at radius 1 is 0.615 bits per heavy atom. The zero-order valence-corrected chi connectivity index (χ0v) is 22.7. The van der Waals surface area contributed by atoms with Crippen molar-refractivity contribution in [3.05, 3.63) is 115 Å². The lowest BCUT2D eigenvalue weighted by molar-refractivity contribution is 0.598. The minimum absolute atomic E-state index is 0.590. The van der Waals surface area contributed by atoms with Crippen LogP contribution in [-0.2, 0) is 0 Å². The average Bonchev–Trinajstić information content (AvgIpc) is 3.52. The number of nitrogens with one attached hydrogen (secondary N) is 1. The van der Waals surface area contributed by atoms with Crippen molar-refractivity contribution in [2.24, 2.45) is 0 Å². The van der Waals surface area contributed by atoms with Gasteiger partial charge in [-0.15, -0.1) is 0 Å². The number of fused-ring (bicyclic) bond motifs is 6. The topological polar surface area (TPSA) is 20.7 Å². The molecule has 7 rings (SSSR count). The third-order valence-electron chi connectivity index (χ3n) is 8.45. The van der Waals surface area contributed by atoms with Gasteiger partial charge >= 0.3 is 0 Å². The number of nitrogens with zero attached hydrogens (tertiary/aromatic N) is 1. The standard InChI is InChI=1S/C37H34N2/c1-3-4-6-11-25(2)26-16-19-30-32-22-27(17-20-34(32)38-35(30)24-26)28-18-21-37-33(23-28)31-14-9-10-15-36(31)39(37)29-12-7-5-8-13-29/h5,7-10,12-25,38H,3-4,6,11H2,1-2H3/t25-/m1/s1. The summed E-state index contributed by atoms with van der Waals surface area (Å²) in [5.41, 5.74) is 10.0. The summed E-state index contributed by atoms with van der Waals surface area (Å²) in [5, 5.41) is 5.16. The smallest absolute Gasteiger partial charge is 0.0541 e. The van der Waals surface area contributed by atoms with E-state index in [-0.39, 0.29) is 0 Å². The van der Waals surface area contributed by atoms with Gasteiger partial charge in [-0.25, -0.2) is 0 Å². The fraction of sp³-hybridized carbons (Fsp3) is 0.189. The van der Waals surface area contributed by atoms with E-state index in [0.29, 0.717) is 5.92 Å². The molecule has 0 saturated heterocycles. The molecule has 2 heterocycles. The molecule has 0 aliphatic heterocycles. The van der Waals surface area contributed by atoms with Gasteiger partial charge in [-0.1, -0.05) is 93.8 Å². The molecule has 2 nitrogen and oxygen atoms in total. The van der Waals surface area contributed by atoms with Crippen LogP contribution in [-0.4, -0.2) is 9.55 Å². The molecule has 0 aliphatic carbocycles. The summed E-state index contributed by atoms with van der Waals surface area (Å²) in [5.74, 6) is 0.590. The van der Waals surface area contributed by atoms with E-state index in [9.17, 15) is 0 Å². The number of rotatable bonds is 7. The zero-order valence-electron chi connectivity index (χ0n) is 22.7. The zero-order chi connectivity index (χ0) is 26.3. The van der Waals surface area contributed by atoms with Crippen molar-refractivity contribution in [2.45, 2.75) is 45.4 Å². The maximum absolute atomic E-state index is 3.69. The minimum atomic E-state index is 0.590. The summed E-state index contributed by atoms with van der Waals surface area (Å²) in [7, 11) is 0. The fourth-order valence-corrected chi connectivity index (χ4v) is 6.28.